The molecule has 14 heteroatoms. The van der Waals surface area contributed by atoms with Gasteiger partial charge in [-0.05, 0) is 79.8 Å². The Bertz CT molecular complexity index is 2080. The van der Waals surface area contributed by atoms with Crippen LogP contribution in [0.25, 0.3) is 0 Å². The van der Waals surface area contributed by atoms with Gasteiger partial charge in [0.15, 0.2) is 0 Å². The predicted octanol–water partition coefficient (Wildman–Crippen LogP) is 4.34. The zero-order chi connectivity index (χ0) is 38.9. The van der Waals surface area contributed by atoms with E-state index in [4.69, 9.17) is 21.6 Å². The first-order chi connectivity index (χ1) is 27.1. The number of nitriles is 1. The van der Waals surface area contributed by atoms with Gasteiger partial charge in [0.1, 0.15) is 24.0 Å². The molecule has 1 N–H and O–H groups in total. The number of imide groups is 2. The second-order valence-corrected chi connectivity index (χ2v) is 15.7. The first-order valence-electron chi connectivity index (χ1n) is 19.5. The van der Waals surface area contributed by atoms with Gasteiger partial charge in [-0.1, -0.05) is 11.6 Å². The summed E-state index contributed by atoms with van der Waals surface area (Å²) in [7, 11) is 0. The standard InChI is InChI=1S/C42H44ClN7O6/c43-36-24-33(7-3-29(36)25-44)56-32-13-17-49(18-14-32)40(53)28-1-4-30(5-2-28)48-21-19-46(20-22-48)26-27-11-15-47(16-12-27)31-6-8-34-35(23-31)42(55)50(41(34)54)37-9-10-38(51)45-39(37)52/h1-8,23-24,27,32,37H,9-22,26H2,(H,45,51,52). The number of fused-ring (bicyclic) bond motifs is 1. The van der Waals surface area contributed by atoms with Crippen LogP contribution in [0, 0.1) is 17.2 Å². The zero-order valence-corrected chi connectivity index (χ0v) is 31.9. The molecule has 3 aromatic rings. The minimum atomic E-state index is -0.969. The molecule has 0 spiro atoms. The molecular formula is C42H44ClN7O6. The van der Waals surface area contributed by atoms with E-state index < -0.39 is 29.7 Å². The van der Waals surface area contributed by atoms with E-state index >= 15 is 0 Å². The smallest absolute Gasteiger partial charge is 0.262 e. The highest BCUT2D eigenvalue weighted by Crippen LogP contribution is 2.33. The van der Waals surface area contributed by atoms with E-state index in [2.05, 4.69) is 38.2 Å². The van der Waals surface area contributed by atoms with E-state index in [0.717, 1.165) is 87.8 Å². The molecule has 290 valence electrons. The van der Waals surface area contributed by atoms with Crippen molar-refractivity contribution in [1.29, 1.82) is 5.26 Å². The normalized spacial score (nSPS) is 21.2. The summed E-state index contributed by atoms with van der Waals surface area (Å²) in [6.45, 7) is 7.75. The topological polar surface area (TPSA) is 147 Å². The van der Waals surface area contributed by atoms with Crippen LogP contribution >= 0.6 is 11.6 Å². The lowest BCUT2D eigenvalue weighted by Gasteiger charge is -2.40. The van der Waals surface area contributed by atoms with Crippen molar-refractivity contribution < 1.29 is 28.7 Å². The summed E-state index contributed by atoms with van der Waals surface area (Å²) in [4.78, 5) is 73.9. The van der Waals surface area contributed by atoms with Crippen LogP contribution in [0.4, 0.5) is 11.4 Å². The monoisotopic (exact) mass is 777 g/mol. The molecular weight excluding hydrogens is 734 g/mol. The van der Waals surface area contributed by atoms with Crippen LogP contribution in [-0.2, 0) is 9.59 Å². The van der Waals surface area contributed by atoms with Crippen molar-refractivity contribution in [3.8, 4) is 11.8 Å². The minimum absolute atomic E-state index is 0.0163. The fraction of sp³-hybridized carbons (Fsp3) is 0.429. The maximum atomic E-state index is 13.3. The first kappa shape index (κ1) is 37.5. The quantitative estimate of drug-likeness (QED) is 0.328. The number of benzene rings is 3. The molecule has 1 atom stereocenters. The molecule has 56 heavy (non-hydrogen) atoms. The molecule has 5 heterocycles. The minimum Gasteiger partial charge on any atom is -0.490 e. The third-order valence-electron chi connectivity index (χ3n) is 11.9. The number of halogens is 1. The van der Waals surface area contributed by atoms with Gasteiger partial charge in [0.25, 0.3) is 17.7 Å². The van der Waals surface area contributed by atoms with Crippen LogP contribution in [0.1, 0.15) is 75.2 Å². The van der Waals surface area contributed by atoms with Crippen LogP contribution < -0.4 is 19.9 Å². The van der Waals surface area contributed by atoms with Crippen molar-refractivity contribution in [2.45, 2.75) is 50.7 Å². The molecule has 3 aromatic carbocycles. The van der Waals surface area contributed by atoms with E-state index in [1.807, 2.05) is 23.1 Å². The Morgan fingerprint density at radius 3 is 2.12 bits per heavy atom. The molecule has 0 radical (unpaired) electrons. The number of carbonyl (C=O) groups is 5. The van der Waals surface area contributed by atoms with Crippen LogP contribution in [0.5, 0.6) is 5.75 Å². The third-order valence-corrected chi connectivity index (χ3v) is 12.2. The van der Waals surface area contributed by atoms with Gasteiger partial charge < -0.3 is 19.4 Å². The number of ether oxygens (including phenoxy) is 1. The number of amides is 5. The molecule has 8 rings (SSSR count). The summed E-state index contributed by atoms with van der Waals surface area (Å²) in [5.74, 6) is -0.732. The second kappa shape index (κ2) is 16.0. The summed E-state index contributed by atoms with van der Waals surface area (Å²) in [6, 6.07) is 19.5. The van der Waals surface area contributed by atoms with Crippen molar-refractivity contribution in [3.05, 3.63) is 87.9 Å². The number of hydrogen-bond donors (Lipinski definition) is 1. The SMILES string of the molecule is N#Cc1ccc(OC2CCN(C(=O)c3ccc(N4CCN(CC5CCN(c6ccc7c(c6)C(=O)N(C6CCC(=O)NC6=O)C7=O)CC5)CC4)cc3)CC2)cc1Cl. The highest BCUT2D eigenvalue weighted by Gasteiger charge is 2.45. The number of hydrogen-bond acceptors (Lipinski definition) is 10. The number of anilines is 2. The van der Waals surface area contributed by atoms with E-state index in [9.17, 15) is 24.0 Å². The summed E-state index contributed by atoms with van der Waals surface area (Å²) in [5.41, 5.74) is 3.74. The molecule has 4 saturated heterocycles. The maximum absolute atomic E-state index is 13.3. The van der Waals surface area contributed by atoms with E-state index in [1.54, 1.807) is 30.3 Å². The average Bonchev–Trinajstić information content (AvgIpc) is 3.46. The van der Waals surface area contributed by atoms with Gasteiger partial charge in [-0.25, -0.2) is 0 Å². The lowest BCUT2D eigenvalue weighted by Crippen LogP contribution is -2.54. The zero-order valence-electron chi connectivity index (χ0n) is 31.1. The Hall–Kier alpha value is -5.45. The van der Waals surface area contributed by atoms with Crippen LogP contribution in [-0.4, -0.2) is 115 Å². The number of carbonyl (C=O) groups excluding carboxylic acids is 5. The predicted molar refractivity (Wildman–Crippen MR) is 209 cm³/mol. The molecule has 4 fully saturated rings. The Morgan fingerprint density at radius 2 is 1.45 bits per heavy atom. The number of nitrogens with zero attached hydrogens (tertiary/aromatic N) is 6. The third kappa shape index (κ3) is 7.68. The Morgan fingerprint density at radius 1 is 0.768 bits per heavy atom. The van der Waals surface area contributed by atoms with E-state index in [-0.39, 0.29) is 24.9 Å². The van der Waals surface area contributed by atoms with Crippen molar-refractivity contribution in [2.24, 2.45) is 5.92 Å². The van der Waals surface area contributed by atoms with E-state index in [0.29, 0.717) is 52.0 Å². The van der Waals surface area contributed by atoms with Crippen molar-refractivity contribution in [1.82, 2.24) is 20.0 Å². The fourth-order valence-electron chi connectivity index (χ4n) is 8.61. The van der Waals surface area contributed by atoms with Crippen molar-refractivity contribution in [3.63, 3.8) is 0 Å². The van der Waals surface area contributed by atoms with Crippen LogP contribution in [0.2, 0.25) is 5.02 Å². The van der Waals surface area contributed by atoms with Gasteiger partial charge in [0, 0.05) is 101 Å². The highest BCUT2D eigenvalue weighted by molar-refractivity contribution is 6.31. The number of piperidine rings is 3. The molecule has 5 aliphatic heterocycles. The van der Waals surface area contributed by atoms with Gasteiger partial charge >= 0.3 is 0 Å². The lowest BCUT2D eigenvalue weighted by molar-refractivity contribution is -0.136. The Labute approximate surface area is 330 Å². The molecule has 1 unspecified atom stereocenters. The number of rotatable bonds is 8. The van der Waals surface area contributed by atoms with Gasteiger partial charge in [0.2, 0.25) is 11.8 Å². The molecule has 0 aliphatic carbocycles. The molecule has 13 nitrogen and oxygen atoms in total. The van der Waals surface area contributed by atoms with Crippen molar-refractivity contribution >= 4 is 52.5 Å². The highest BCUT2D eigenvalue weighted by atomic mass is 35.5. The second-order valence-electron chi connectivity index (χ2n) is 15.3. The van der Waals surface area contributed by atoms with Crippen molar-refractivity contribution in [2.75, 3.05) is 68.7 Å². The van der Waals surface area contributed by atoms with Crippen LogP contribution in [0.15, 0.2) is 60.7 Å². The Balaban J connectivity index is 0.767. The van der Waals surface area contributed by atoms with Crippen LogP contribution in [0.3, 0.4) is 0 Å². The summed E-state index contributed by atoms with van der Waals surface area (Å²) >= 11 is 6.15. The molecule has 0 aromatic heterocycles. The maximum Gasteiger partial charge on any atom is 0.262 e. The Kier molecular flexibility index (Phi) is 10.7. The number of piperazine rings is 1. The molecule has 0 saturated carbocycles. The summed E-state index contributed by atoms with van der Waals surface area (Å²) in [6.07, 6.45) is 3.71. The summed E-state index contributed by atoms with van der Waals surface area (Å²) < 4.78 is 6.09. The molecule has 5 amide bonds. The first-order valence-corrected chi connectivity index (χ1v) is 19.9. The molecule has 0 bridgehead atoms. The average molecular weight is 778 g/mol. The fourth-order valence-corrected chi connectivity index (χ4v) is 8.82. The van der Waals surface area contributed by atoms with Gasteiger partial charge in [-0.2, -0.15) is 5.26 Å². The molecule has 5 aliphatic rings. The van der Waals surface area contributed by atoms with Gasteiger partial charge in [0.05, 0.1) is 21.7 Å². The number of likely N-dealkylation sites (tertiary alicyclic amines) is 1. The number of nitrogens with one attached hydrogen (secondary N) is 1. The van der Waals surface area contributed by atoms with Gasteiger partial charge in [-0.15, -0.1) is 0 Å². The van der Waals surface area contributed by atoms with Gasteiger partial charge in [-0.3, -0.25) is 39.1 Å². The summed E-state index contributed by atoms with van der Waals surface area (Å²) in [5, 5.41) is 11.7. The van der Waals surface area contributed by atoms with E-state index in [1.165, 1.54) is 0 Å². The lowest BCUT2D eigenvalue weighted by atomic mass is 9.95. The largest absolute Gasteiger partial charge is 0.490 e.